The Kier molecular flexibility index (Phi) is 9.21. The van der Waals surface area contributed by atoms with E-state index in [1.165, 1.54) is 0 Å². The maximum Gasteiger partial charge on any atom is 0.154 e. The fourth-order valence-electron chi connectivity index (χ4n) is 0.440. The minimum Gasteiger partial charge on any atom is -0.379 e. The van der Waals surface area contributed by atoms with Crippen molar-refractivity contribution in [1.82, 2.24) is 0 Å². The molecule has 0 heterocycles. The molecule has 0 aromatic rings. The van der Waals surface area contributed by atoms with Gasteiger partial charge in [0.2, 0.25) is 0 Å². The van der Waals surface area contributed by atoms with Crippen LogP contribution in [-0.2, 0) is 0 Å². The second kappa shape index (κ2) is 7.22. The zero-order valence-corrected chi connectivity index (χ0v) is 8.26. The molecule has 0 radical (unpaired) electrons. The second-order valence-electron chi connectivity index (χ2n) is 1.99. The number of hydrogen-bond acceptors (Lipinski definition) is 2. The van der Waals surface area contributed by atoms with E-state index >= 15 is 0 Å². The molecule has 0 amide bonds. The zero-order valence-electron chi connectivity index (χ0n) is 6.63. The van der Waals surface area contributed by atoms with Crippen molar-refractivity contribution in [3.63, 3.8) is 0 Å². The molecule has 0 aromatic carbocycles. The van der Waals surface area contributed by atoms with Crippen molar-refractivity contribution < 1.29 is 0 Å². The summed E-state index contributed by atoms with van der Waals surface area (Å²) in [6, 6.07) is 0.323. The highest BCUT2D eigenvalue weighted by atomic mass is 35.5. The van der Waals surface area contributed by atoms with Crippen molar-refractivity contribution in [2.45, 2.75) is 26.8 Å². The minimum absolute atomic E-state index is 0. The number of rotatable bonds is 2. The second-order valence-corrected chi connectivity index (χ2v) is 3.28. The molecular formula is C6H15ClN2S. The zero-order chi connectivity index (χ0) is 7.28. The lowest BCUT2D eigenvalue weighted by Gasteiger charge is -1.98. The number of nitrogens with two attached hydrogens (primary N) is 1. The molecule has 0 spiro atoms. The van der Waals surface area contributed by atoms with E-state index < -0.39 is 0 Å². The van der Waals surface area contributed by atoms with E-state index in [0.717, 1.165) is 5.75 Å². The van der Waals surface area contributed by atoms with Crippen LogP contribution in [0, 0.1) is 0 Å². The van der Waals surface area contributed by atoms with Crippen LogP contribution in [0.5, 0.6) is 0 Å². The normalized spacial score (nSPS) is 11.4. The van der Waals surface area contributed by atoms with Gasteiger partial charge < -0.3 is 5.73 Å². The van der Waals surface area contributed by atoms with Crippen LogP contribution in [0.25, 0.3) is 0 Å². The van der Waals surface area contributed by atoms with Crippen LogP contribution in [0.3, 0.4) is 0 Å². The van der Waals surface area contributed by atoms with E-state index in [2.05, 4.69) is 11.9 Å². The summed E-state index contributed by atoms with van der Waals surface area (Å²) in [6.07, 6.45) is 0. The van der Waals surface area contributed by atoms with E-state index in [1.54, 1.807) is 11.8 Å². The van der Waals surface area contributed by atoms with Gasteiger partial charge in [-0.2, -0.15) is 0 Å². The lowest BCUT2D eigenvalue weighted by Crippen LogP contribution is -2.09. The highest BCUT2D eigenvalue weighted by molar-refractivity contribution is 8.13. The Bertz CT molecular complexity index is 104. The van der Waals surface area contributed by atoms with Crippen molar-refractivity contribution in [3.8, 4) is 0 Å². The molecule has 0 fully saturated rings. The molecule has 0 saturated heterocycles. The van der Waals surface area contributed by atoms with Crippen LogP contribution < -0.4 is 5.73 Å². The van der Waals surface area contributed by atoms with Gasteiger partial charge in [-0.3, -0.25) is 4.99 Å². The molecule has 0 aromatic heterocycles. The Morgan fingerprint density at radius 2 is 2.10 bits per heavy atom. The number of thioether (sulfide) groups is 1. The molecule has 2 nitrogen and oxygen atoms in total. The van der Waals surface area contributed by atoms with Gasteiger partial charge in [0.15, 0.2) is 5.17 Å². The first-order valence-corrected chi connectivity index (χ1v) is 4.11. The van der Waals surface area contributed by atoms with Gasteiger partial charge in [-0.05, 0) is 19.6 Å². The molecule has 4 heteroatoms. The summed E-state index contributed by atoms with van der Waals surface area (Å²) in [5.74, 6) is 1.00. The van der Waals surface area contributed by atoms with Gasteiger partial charge in [0.1, 0.15) is 0 Å². The van der Waals surface area contributed by atoms with Gasteiger partial charge in [-0.1, -0.05) is 18.7 Å². The first-order chi connectivity index (χ1) is 4.16. The molecule has 0 bridgehead atoms. The van der Waals surface area contributed by atoms with E-state index in [9.17, 15) is 0 Å². The van der Waals surface area contributed by atoms with Crippen LogP contribution >= 0.6 is 24.2 Å². The molecule has 62 valence electrons. The van der Waals surface area contributed by atoms with Crippen molar-refractivity contribution in [3.05, 3.63) is 0 Å². The van der Waals surface area contributed by atoms with Gasteiger partial charge in [0.05, 0.1) is 0 Å². The summed E-state index contributed by atoms with van der Waals surface area (Å²) in [6.45, 7) is 6.10. The Hall–Kier alpha value is 0.110. The Labute approximate surface area is 73.1 Å². The van der Waals surface area contributed by atoms with E-state index in [4.69, 9.17) is 5.73 Å². The van der Waals surface area contributed by atoms with Crippen molar-refractivity contribution in [2.75, 3.05) is 5.75 Å². The Balaban J connectivity index is 0. The molecule has 0 rings (SSSR count). The monoisotopic (exact) mass is 182 g/mol. The van der Waals surface area contributed by atoms with Crippen LogP contribution in [0.2, 0.25) is 0 Å². The molecule has 0 atom stereocenters. The third-order valence-electron chi connectivity index (χ3n) is 0.678. The predicted octanol–water partition coefficient (Wildman–Crippen LogP) is 1.88. The van der Waals surface area contributed by atoms with Crippen LogP contribution in [0.4, 0.5) is 0 Å². The summed E-state index contributed by atoms with van der Waals surface area (Å²) in [5.41, 5.74) is 5.50. The number of aliphatic imine (C=N–C) groups is 1. The standard InChI is InChI=1S/C6H14N2S.ClH/c1-4-9-6(7)8-5(2)3;/h5H,4H2,1-3H3,(H2,7,8);1H. The molecule has 0 saturated carbocycles. The molecule has 0 aliphatic carbocycles. The van der Waals surface area contributed by atoms with Gasteiger partial charge >= 0.3 is 0 Å². The largest absolute Gasteiger partial charge is 0.379 e. The van der Waals surface area contributed by atoms with Crippen molar-refractivity contribution in [1.29, 1.82) is 0 Å². The highest BCUT2D eigenvalue weighted by Crippen LogP contribution is 1.99. The smallest absolute Gasteiger partial charge is 0.154 e. The molecule has 2 N–H and O–H groups in total. The van der Waals surface area contributed by atoms with E-state index in [1.807, 2.05) is 13.8 Å². The van der Waals surface area contributed by atoms with Crippen LogP contribution in [0.15, 0.2) is 4.99 Å². The maximum absolute atomic E-state index is 5.50. The molecule has 10 heavy (non-hydrogen) atoms. The average molecular weight is 183 g/mol. The quantitative estimate of drug-likeness (QED) is 0.523. The van der Waals surface area contributed by atoms with Crippen molar-refractivity contribution in [2.24, 2.45) is 10.7 Å². The number of halogens is 1. The topological polar surface area (TPSA) is 38.4 Å². The molecule has 0 aliphatic rings. The van der Waals surface area contributed by atoms with Gasteiger partial charge in [0, 0.05) is 6.04 Å². The Morgan fingerprint density at radius 1 is 1.60 bits per heavy atom. The fourth-order valence-corrected chi connectivity index (χ4v) is 1.02. The third kappa shape index (κ3) is 8.11. The van der Waals surface area contributed by atoms with Gasteiger partial charge in [-0.15, -0.1) is 12.4 Å². The summed E-state index contributed by atoms with van der Waals surface area (Å²) in [4.78, 5) is 4.12. The maximum atomic E-state index is 5.50. The predicted molar refractivity (Wildman–Crippen MR) is 52.1 cm³/mol. The Morgan fingerprint density at radius 3 is 2.40 bits per heavy atom. The number of amidine groups is 1. The third-order valence-corrected chi connectivity index (χ3v) is 1.37. The van der Waals surface area contributed by atoms with Crippen LogP contribution in [-0.4, -0.2) is 17.0 Å². The number of nitrogens with zero attached hydrogens (tertiary/aromatic N) is 1. The average Bonchev–Trinajstić information content (AvgIpc) is 1.63. The first kappa shape index (κ1) is 12.8. The fraction of sp³-hybridized carbons (Fsp3) is 0.833. The highest BCUT2D eigenvalue weighted by Gasteiger charge is 1.91. The molecule has 0 aliphatic heterocycles. The molecule has 0 unspecified atom stereocenters. The minimum atomic E-state index is 0. The van der Waals surface area contributed by atoms with Crippen molar-refractivity contribution >= 4 is 29.3 Å². The van der Waals surface area contributed by atoms with Gasteiger partial charge in [0.25, 0.3) is 0 Å². The van der Waals surface area contributed by atoms with Gasteiger partial charge in [-0.25, -0.2) is 0 Å². The van der Waals surface area contributed by atoms with E-state index in [0.29, 0.717) is 11.2 Å². The SMILES string of the molecule is CCSC(N)=NC(C)C.Cl. The summed E-state index contributed by atoms with van der Waals surface area (Å²) in [5, 5.41) is 0.701. The number of hydrogen-bond donors (Lipinski definition) is 1. The van der Waals surface area contributed by atoms with E-state index in [-0.39, 0.29) is 12.4 Å². The lowest BCUT2D eigenvalue weighted by atomic mass is 10.4. The summed E-state index contributed by atoms with van der Waals surface area (Å²) in [7, 11) is 0. The first-order valence-electron chi connectivity index (χ1n) is 3.13. The lowest BCUT2D eigenvalue weighted by molar-refractivity contribution is 0.838. The summed E-state index contributed by atoms with van der Waals surface area (Å²) >= 11 is 1.59. The summed E-state index contributed by atoms with van der Waals surface area (Å²) < 4.78 is 0. The van der Waals surface area contributed by atoms with Crippen LogP contribution in [0.1, 0.15) is 20.8 Å². The molecular weight excluding hydrogens is 168 g/mol.